The normalized spacial score (nSPS) is 13.2. The molecule has 0 aliphatic rings. The number of fused-ring (bicyclic) bond motifs is 1. The van der Waals surface area contributed by atoms with Crippen molar-refractivity contribution in [1.29, 1.82) is 0 Å². The van der Waals surface area contributed by atoms with Gasteiger partial charge in [-0.3, -0.25) is 0 Å². The molecule has 0 aromatic heterocycles. The molecule has 0 saturated heterocycles. The maximum absolute atomic E-state index is 6.31. The summed E-state index contributed by atoms with van der Waals surface area (Å²) in [5, 5.41) is 2.58. The molecular formula is C16H21N. The van der Waals surface area contributed by atoms with E-state index >= 15 is 0 Å². The average Bonchev–Trinajstić information content (AvgIpc) is 2.35. The topological polar surface area (TPSA) is 26.0 Å². The molecule has 0 amide bonds. The molecule has 17 heavy (non-hydrogen) atoms. The molecule has 0 aliphatic carbocycles. The van der Waals surface area contributed by atoms with E-state index in [2.05, 4.69) is 56.3 Å². The third-order valence-electron chi connectivity index (χ3n) is 3.28. The minimum absolute atomic E-state index is 0.156. The lowest BCUT2D eigenvalue weighted by Gasteiger charge is -2.15. The summed E-state index contributed by atoms with van der Waals surface area (Å²) in [6.45, 7) is 4.49. The van der Waals surface area contributed by atoms with Crippen LogP contribution in [-0.2, 0) is 0 Å². The van der Waals surface area contributed by atoms with Crippen molar-refractivity contribution in [2.45, 2.75) is 32.7 Å². The first-order valence-electron chi connectivity index (χ1n) is 6.41. The Labute approximate surface area is 104 Å². The zero-order valence-electron chi connectivity index (χ0n) is 10.7. The Hall–Kier alpha value is -1.34. The minimum atomic E-state index is 0.156. The molecule has 0 aliphatic heterocycles. The first-order chi connectivity index (χ1) is 8.18. The maximum Gasteiger partial charge on any atom is 0.0301 e. The summed E-state index contributed by atoms with van der Waals surface area (Å²) < 4.78 is 0. The van der Waals surface area contributed by atoms with E-state index < -0.39 is 0 Å². The van der Waals surface area contributed by atoms with Crippen molar-refractivity contribution >= 4 is 10.8 Å². The fourth-order valence-electron chi connectivity index (χ4n) is 2.24. The summed E-state index contributed by atoms with van der Waals surface area (Å²) in [4.78, 5) is 0. The van der Waals surface area contributed by atoms with Crippen LogP contribution in [-0.4, -0.2) is 0 Å². The van der Waals surface area contributed by atoms with Crippen LogP contribution in [0.2, 0.25) is 0 Å². The zero-order valence-corrected chi connectivity index (χ0v) is 10.7. The molecule has 0 bridgehead atoms. The molecule has 2 N–H and O–H groups in total. The van der Waals surface area contributed by atoms with Gasteiger partial charge in [0.05, 0.1) is 0 Å². The smallest absolute Gasteiger partial charge is 0.0301 e. The van der Waals surface area contributed by atoms with Gasteiger partial charge in [0.15, 0.2) is 0 Å². The van der Waals surface area contributed by atoms with Gasteiger partial charge in [-0.1, -0.05) is 56.3 Å². The van der Waals surface area contributed by atoms with Crippen LogP contribution in [0.5, 0.6) is 0 Å². The van der Waals surface area contributed by atoms with Gasteiger partial charge >= 0.3 is 0 Å². The molecule has 2 rings (SSSR count). The van der Waals surface area contributed by atoms with Gasteiger partial charge in [0.1, 0.15) is 0 Å². The lowest BCUT2D eigenvalue weighted by atomic mass is 9.94. The Morgan fingerprint density at radius 3 is 2.41 bits per heavy atom. The van der Waals surface area contributed by atoms with Crippen LogP contribution in [0.3, 0.4) is 0 Å². The summed E-state index contributed by atoms with van der Waals surface area (Å²) in [6, 6.07) is 15.0. The molecule has 0 unspecified atom stereocenters. The highest BCUT2D eigenvalue weighted by molar-refractivity contribution is 5.86. The second-order valence-electron chi connectivity index (χ2n) is 5.15. The van der Waals surface area contributed by atoms with E-state index in [-0.39, 0.29) is 6.04 Å². The van der Waals surface area contributed by atoms with Crippen molar-refractivity contribution in [3.63, 3.8) is 0 Å². The standard InChI is InChI=1S/C16H21N/c1-12(2)10-11-16(17)15-9-5-7-13-6-3-4-8-14(13)15/h3-9,12,16H,10-11,17H2,1-2H3/t16-/m1/s1. The van der Waals surface area contributed by atoms with E-state index in [0.717, 1.165) is 12.3 Å². The van der Waals surface area contributed by atoms with Crippen LogP contribution >= 0.6 is 0 Å². The zero-order chi connectivity index (χ0) is 12.3. The van der Waals surface area contributed by atoms with E-state index in [0.29, 0.717) is 0 Å². The van der Waals surface area contributed by atoms with Gasteiger partial charge in [-0.05, 0) is 35.1 Å². The molecule has 1 nitrogen and oxygen atoms in total. The predicted octanol–water partition coefficient (Wildman–Crippen LogP) is 4.28. The molecule has 0 fully saturated rings. The first-order valence-corrected chi connectivity index (χ1v) is 6.41. The predicted molar refractivity (Wildman–Crippen MR) is 74.9 cm³/mol. The minimum Gasteiger partial charge on any atom is -0.324 e. The molecule has 0 radical (unpaired) electrons. The Morgan fingerprint density at radius 1 is 0.941 bits per heavy atom. The van der Waals surface area contributed by atoms with Crippen molar-refractivity contribution in [3.8, 4) is 0 Å². The first kappa shape index (κ1) is 12.1. The fourth-order valence-corrected chi connectivity index (χ4v) is 2.24. The van der Waals surface area contributed by atoms with Crippen molar-refractivity contribution in [1.82, 2.24) is 0 Å². The fraction of sp³-hybridized carbons (Fsp3) is 0.375. The molecule has 0 saturated carbocycles. The summed E-state index contributed by atoms with van der Waals surface area (Å²) in [5.41, 5.74) is 7.59. The molecule has 0 heterocycles. The summed E-state index contributed by atoms with van der Waals surface area (Å²) in [6.07, 6.45) is 2.25. The van der Waals surface area contributed by atoms with Gasteiger partial charge in [0, 0.05) is 6.04 Å². The molecule has 2 aromatic rings. The molecular weight excluding hydrogens is 206 g/mol. The van der Waals surface area contributed by atoms with E-state index in [1.165, 1.54) is 22.8 Å². The lowest BCUT2D eigenvalue weighted by molar-refractivity contribution is 0.508. The van der Waals surface area contributed by atoms with Crippen molar-refractivity contribution in [2.24, 2.45) is 11.7 Å². The van der Waals surface area contributed by atoms with E-state index in [9.17, 15) is 0 Å². The van der Waals surface area contributed by atoms with Gasteiger partial charge in [-0.15, -0.1) is 0 Å². The highest BCUT2D eigenvalue weighted by atomic mass is 14.6. The van der Waals surface area contributed by atoms with Gasteiger partial charge in [-0.2, -0.15) is 0 Å². The second-order valence-corrected chi connectivity index (χ2v) is 5.15. The Morgan fingerprint density at radius 2 is 1.65 bits per heavy atom. The van der Waals surface area contributed by atoms with Crippen molar-refractivity contribution < 1.29 is 0 Å². The van der Waals surface area contributed by atoms with E-state index in [1.807, 2.05) is 0 Å². The number of hydrogen-bond acceptors (Lipinski definition) is 1. The van der Waals surface area contributed by atoms with Crippen LogP contribution in [0, 0.1) is 5.92 Å². The third-order valence-corrected chi connectivity index (χ3v) is 3.28. The Kier molecular flexibility index (Phi) is 3.80. The van der Waals surface area contributed by atoms with Gasteiger partial charge in [-0.25, -0.2) is 0 Å². The van der Waals surface area contributed by atoms with Crippen LogP contribution in [0.25, 0.3) is 10.8 Å². The average molecular weight is 227 g/mol. The van der Waals surface area contributed by atoms with E-state index in [1.54, 1.807) is 0 Å². The molecule has 0 spiro atoms. The van der Waals surface area contributed by atoms with Crippen LogP contribution in [0.4, 0.5) is 0 Å². The number of nitrogens with two attached hydrogens (primary N) is 1. The molecule has 90 valence electrons. The van der Waals surface area contributed by atoms with Gasteiger partial charge < -0.3 is 5.73 Å². The van der Waals surface area contributed by atoms with Crippen molar-refractivity contribution in [2.75, 3.05) is 0 Å². The quantitative estimate of drug-likeness (QED) is 0.829. The van der Waals surface area contributed by atoms with Crippen LogP contribution < -0.4 is 5.73 Å². The lowest BCUT2D eigenvalue weighted by Crippen LogP contribution is -2.11. The summed E-state index contributed by atoms with van der Waals surface area (Å²) in [7, 11) is 0. The number of rotatable bonds is 4. The monoisotopic (exact) mass is 227 g/mol. The summed E-state index contributed by atoms with van der Waals surface area (Å²) >= 11 is 0. The van der Waals surface area contributed by atoms with Gasteiger partial charge in [0.2, 0.25) is 0 Å². The molecule has 1 heteroatoms. The van der Waals surface area contributed by atoms with E-state index in [4.69, 9.17) is 5.73 Å². The van der Waals surface area contributed by atoms with Gasteiger partial charge in [0.25, 0.3) is 0 Å². The van der Waals surface area contributed by atoms with Crippen LogP contribution in [0.15, 0.2) is 42.5 Å². The van der Waals surface area contributed by atoms with Crippen LogP contribution in [0.1, 0.15) is 38.3 Å². The molecule has 1 atom stereocenters. The Balaban J connectivity index is 2.28. The highest BCUT2D eigenvalue weighted by Crippen LogP contribution is 2.26. The SMILES string of the molecule is CC(C)CC[C@@H](N)c1cccc2ccccc12. The highest BCUT2D eigenvalue weighted by Gasteiger charge is 2.09. The number of benzene rings is 2. The second kappa shape index (κ2) is 5.33. The summed E-state index contributed by atoms with van der Waals surface area (Å²) in [5.74, 6) is 0.719. The largest absolute Gasteiger partial charge is 0.324 e. The molecule has 2 aromatic carbocycles. The van der Waals surface area contributed by atoms with Crippen molar-refractivity contribution in [3.05, 3.63) is 48.0 Å². The number of hydrogen-bond donors (Lipinski definition) is 1. The maximum atomic E-state index is 6.31. The Bertz CT molecular complexity index is 482. The third kappa shape index (κ3) is 2.86.